The van der Waals surface area contributed by atoms with Gasteiger partial charge in [0, 0.05) is 49.4 Å². The van der Waals surface area contributed by atoms with Gasteiger partial charge in [0.15, 0.2) is 0 Å². The first-order chi connectivity index (χ1) is 15.8. The van der Waals surface area contributed by atoms with Gasteiger partial charge < -0.3 is 14.4 Å². The van der Waals surface area contributed by atoms with Crippen LogP contribution in [0, 0.1) is 22.0 Å². The molecule has 3 aliphatic rings. The zero-order valence-electron chi connectivity index (χ0n) is 18.6. The molecule has 1 aromatic heterocycles. The van der Waals surface area contributed by atoms with Gasteiger partial charge in [-0.05, 0) is 36.0 Å². The molecule has 9 heteroatoms. The minimum absolute atomic E-state index is 0.0409. The van der Waals surface area contributed by atoms with Gasteiger partial charge in [0.25, 0.3) is 5.91 Å². The Balaban J connectivity index is 1.41. The van der Waals surface area contributed by atoms with Gasteiger partial charge in [0.05, 0.1) is 4.92 Å². The molecule has 0 radical (unpaired) electrons. The van der Waals surface area contributed by atoms with E-state index in [2.05, 4.69) is 0 Å². The number of aromatic nitrogens is 1. The highest BCUT2D eigenvalue weighted by atomic mass is 16.6. The molecule has 3 atom stereocenters. The third-order valence-electron chi connectivity index (χ3n) is 7.16. The Morgan fingerprint density at radius 3 is 2.55 bits per heavy atom. The summed E-state index contributed by atoms with van der Waals surface area (Å²) < 4.78 is 1.51. The number of carbonyl (C=O) groups excluding carboxylic acids is 2. The van der Waals surface area contributed by atoms with Crippen LogP contribution in [0.15, 0.2) is 41.2 Å². The van der Waals surface area contributed by atoms with Gasteiger partial charge >= 0.3 is 11.2 Å². The Kier molecular flexibility index (Phi) is 5.07. The van der Waals surface area contributed by atoms with Crippen LogP contribution in [0.25, 0.3) is 0 Å². The maximum Gasteiger partial charge on any atom is 0.334 e. The quantitative estimate of drug-likeness (QED) is 0.525. The van der Waals surface area contributed by atoms with Crippen molar-refractivity contribution >= 4 is 17.5 Å². The maximum absolute atomic E-state index is 13.8. The fraction of sp³-hybridized carbons (Fsp3) is 0.458. The van der Waals surface area contributed by atoms with Crippen molar-refractivity contribution in [1.29, 1.82) is 0 Å². The van der Waals surface area contributed by atoms with Crippen molar-refractivity contribution in [3.63, 3.8) is 0 Å². The van der Waals surface area contributed by atoms with E-state index in [0.717, 1.165) is 17.7 Å². The number of carbonyl (C=O) groups is 2. The normalized spacial score (nSPS) is 22.2. The molecule has 2 amide bonds. The summed E-state index contributed by atoms with van der Waals surface area (Å²) >= 11 is 0. The van der Waals surface area contributed by atoms with Crippen LogP contribution in [-0.2, 0) is 17.9 Å². The van der Waals surface area contributed by atoms with Crippen molar-refractivity contribution in [3.8, 4) is 0 Å². The Morgan fingerprint density at radius 1 is 1.09 bits per heavy atom. The van der Waals surface area contributed by atoms with Gasteiger partial charge in [-0.3, -0.25) is 24.5 Å². The molecular weight excluding hydrogens is 424 g/mol. The predicted molar refractivity (Wildman–Crippen MR) is 120 cm³/mol. The van der Waals surface area contributed by atoms with E-state index in [1.807, 2.05) is 36.9 Å². The number of amides is 2. The molecule has 0 N–H and O–H groups in total. The molecule has 2 bridgehead atoms. The molecule has 4 heterocycles. The van der Waals surface area contributed by atoms with Crippen LogP contribution in [0.3, 0.4) is 0 Å². The average molecular weight is 450 g/mol. The van der Waals surface area contributed by atoms with Crippen LogP contribution in [0.2, 0.25) is 0 Å². The molecule has 5 rings (SSSR count). The molecule has 3 aliphatic heterocycles. The van der Waals surface area contributed by atoms with E-state index in [1.54, 1.807) is 17.0 Å². The molecule has 1 fully saturated rings. The number of hydrogen-bond donors (Lipinski definition) is 0. The van der Waals surface area contributed by atoms with E-state index in [9.17, 15) is 24.5 Å². The molecule has 9 nitrogen and oxygen atoms in total. The molecule has 0 saturated carbocycles. The molecule has 1 aromatic carbocycles. The highest BCUT2D eigenvalue weighted by Gasteiger charge is 2.43. The summed E-state index contributed by atoms with van der Waals surface area (Å²) in [6, 6.07) is 9.82. The van der Waals surface area contributed by atoms with E-state index in [0.29, 0.717) is 31.7 Å². The van der Waals surface area contributed by atoms with E-state index in [1.165, 1.54) is 10.6 Å². The van der Waals surface area contributed by atoms with Gasteiger partial charge in [-0.15, -0.1) is 0 Å². The van der Waals surface area contributed by atoms with Crippen LogP contribution < -0.4 is 5.56 Å². The summed E-state index contributed by atoms with van der Waals surface area (Å²) in [5, 5.41) is 11.2. The standard InChI is InChI=1S/C24H26N4O5/c1-14(2)21(27-13-16-5-3-4-6-18(16)22(27)29)24(31)25-10-15-9-17(12-25)19-7-8-20(28(32)33)23(30)26(19)11-15/h3-8,14-15,17,21H,9-13H2,1-2H3/t15-,17-,21-/m0/s1. The molecule has 172 valence electrons. The van der Waals surface area contributed by atoms with Crippen molar-refractivity contribution in [1.82, 2.24) is 14.4 Å². The maximum atomic E-state index is 13.8. The van der Waals surface area contributed by atoms with Crippen molar-refractivity contribution in [2.24, 2.45) is 11.8 Å². The number of pyridine rings is 1. The summed E-state index contributed by atoms with van der Waals surface area (Å²) in [4.78, 5) is 53.5. The highest BCUT2D eigenvalue weighted by Crippen LogP contribution is 2.37. The minimum Gasteiger partial charge on any atom is -0.340 e. The lowest BCUT2D eigenvalue weighted by Gasteiger charge is -2.44. The summed E-state index contributed by atoms with van der Waals surface area (Å²) in [5.74, 6) is -0.263. The fourth-order valence-corrected chi connectivity index (χ4v) is 5.72. The first-order valence-corrected chi connectivity index (χ1v) is 11.3. The third kappa shape index (κ3) is 3.42. The monoisotopic (exact) mass is 450 g/mol. The number of hydrogen-bond acceptors (Lipinski definition) is 5. The number of benzene rings is 1. The molecule has 2 aromatic rings. The summed E-state index contributed by atoms with van der Waals surface area (Å²) in [7, 11) is 0. The van der Waals surface area contributed by atoms with Crippen molar-refractivity contribution in [2.45, 2.75) is 45.3 Å². The fourth-order valence-electron chi connectivity index (χ4n) is 5.72. The van der Waals surface area contributed by atoms with Crippen molar-refractivity contribution in [3.05, 3.63) is 73.7 Å². The zero-order chi connectivity index (χ0) is 23.4. The highest BCUT2D eigenvalue weighted by molar-refractivity contribution is 6.01. The molecule has 0 spiro atoms. The van der Waals surface area contributed by atoms with Gasteiger partial charge in [0.2, 0.25) is 5.91 Å². The Hall–Kier alpha value is -3.49. The van der Waals surface area contributed by atoms with E-state index in [4.69, 9.17) is 0 Å². The van der Waals surface area contributed by atoms with Crippen LogP contribution in [0.5, 0.6) is 0 Å². The average Bonchev–Trinajstić information content (AvgIpc) is 3.10. The lowest BCUT2D eigenvalue weighted by molar-refractivity contribution is -0.386. The van der Waals surface area contributed by atoms with Crippen molar-refractivity contribution in [2.75, 3.05) is 13.1 Å². The SMILES string of the molecule is CC(C)[C@@H](C(=O)N1C[C@@H]2C[C@@H](C1)c1ccc([N+](=O)[O-])c(=O)n1C2)N1Cc2ccccc2C1=O. The molecule has 1 saturated heterocycles. The lowest BCUT2D eigenvalue weighted by Crippen LogP contribution is -2.56. The van der Waals surface area contributed by atoms with Crippen molar-refractivity contribution < 1.29 is 14.5 Å². The van der Waals surface area contributed by atoms with Crippen LogP contribution in [0.4, 0.5) is 5.69 Å². The van der Waals surface area contributed by atoms with E-state index >= 15 is 0 Å². The smallest absolute Gasteiger partial charge is 0.334 e. The predicted octanol–water partition coefficient (Wildman–Crippen LogP) is 2.38. The second-order valence-electron chi connectivity index (χ2n) is 9.64. The number of likely N-dealkylation sites (tertiary alicyclic amines) is 1. The lowest BCUT2D eigenvalue weighted by atomic mass is 9.82. The Morgan fingerprint density at radius 2 is 1.85 bits per heavy atom. The number of rotatable bonds is 4. The second kappa shape index (κ2) is 7.83. The van der Waals surface area contributed by atoms with Crippen LogP contribution in [0.1, 0.15) is 47.8 Å². The molecular formula is C24H26N4O5. The molecule has 33 heavy (non-hydrogen) atoms. The van der Waals surface area contributed by atoms with Gasteiger partial charge in [-0.25, -0.2) is 0 Å². The topological polar surface area (TPSA) is 106 Å². The number of fused-ring (bicyclic) bond motifs is 5. The summed E-state index contributed by atoms with van der Waals surface area (Å²) in [6.45, 7) is 5.60. The molecule has 0 unspecified atom stereocenters. The Bertz CT molecular complexity index is 1220. The number of piperidine rings is 1. The van der Waals surface area contributed by atoms with Crippen LogP contribution in [-0.4, -0.2) is 50.2 Å². The number of nitro groups is 1. The molecule has 0 aliphatic carbocycles. The Labute approximate surface area is 190 Å². The van der Waals surface area contributed by atoms with Gasteiger partial charge in [-0.2, -0.15) is 0 Å². The van der Waals surface area contributed by atoms with Gasteiger partial charge in [0.1, 0.15) is 6.04 Å². The third-order valence-corrected chi connectivity index (χ3v) is 7.16. The summed E-state index contributed by atoms with van der Waals surface area (Å²) in [6.07, 6.45) is 0.835. The van der Waals surface area contributed by atoms with Crippen LogP contribution >= 0.6 is 0 Å². The first kappa shape index (κ1) is 21.4. The zero-order valence-corrected chi connectivity index (χ0v) is 18.6. The van der Waals surface area contributed by atoms with Gasteiger partial charge in [-0.1, -0.05) is 32.0 Å². The van der Waals surface area contributed by atoms with E-state index in [-0.39, 0.29) is 29.6 Å². The minimum atomic E-state index is -0.645. The largest absolute Gasteiger partial charge is 0.340 e. The second-order valence-corrected chi connectivity index (χ2v) is 9.64. The summed E-state index contributed by atoms with van der Waals surface area (Å²) in [5.41, 5.74) is 1.34. The first-order valence-electron chi connectivity index (χ1n) is 11.3. The van der Waals surface area contributed by atoms with E-state index < -0.39 is 22.2 Å². The number of nitrogens with zero attached hydrogens (tertiary/aromatic N) is 4.